The number of hydrogen-bond donors (Lipinski definition) is 1. The maximum Gasteiger partial charge on any atom is 0.408 e. The molecule has 0 spiro atoms. The van der Waals surface area contributed by atoms with Gasteiger partial charge in [-0.05, 0) is 32.9 Å². The predicted molar refractivity (Wildman–Crippen MR) is 110 cm³/mol. The number of carbonyl (C=O) groups excluding carboxylic acids is 3. The van der Waals surface area contributed by atoms with Gasteiger partial charge in [0.25, 0.3) is 0 Å². The average molecular weight is 446 g/mol. The molecule has 0 aliphatic carbocycles. The number of ketones is 1. The highest BCUT2D eigenvalue weighted by Gasteiger charge is 2.27. The van der Waals surface area contributed by atoms with Gasteiger partial charge >= 0.3 is 12.1 Å². The van der Waals surface area contributed by atoms with Gasteiger partial charge in [0.15, 0.2) is 5.78 Å². The van der Waals surface area contributed by atoms with Gasteiger partial charge in [0.05, 0.1) is 13.0 Å². The van der Waals surface area contributed by atoms with Crippen LogP contribution in [0.2, 0.25) is 10.0 Å². The monoisotopic (exact) mass is 445 g/mol. The molecule has 1 rings (SSSR count). The summed E-state index contributed by atoms with van der Waals surface area (Å²) in [7, 11) is 0. The van der Waals surface area contributed by atoms with Crippen LogP contribution >= 0.6 is 23.2 Å². The largest absolute Gasteiger partial charge is 0.460 e. The minimum Gasteiger partial charge on any atom is -0.460 e. The first-order valence-electron chi connectivity index (χ1n) is 8.83. The van der Waals surface area contributed by atoms with Crippen LogP contribution in [-0.2, 0) is 30.4 Å². The van der Waals surface area contributed by atoms with Crippen molar-refractivity contribution in [1.29, 1.82) is 0 Å². The molecule has 1 unspecified atom stereocenters. The molecule has 0 bridgehead atoms. The molecule has 0 saturated heterocycles. The van der Waals surface area contributed by atoms with Crippen LogP contribution in [0.15, 0.2) is 30.9 Å². The van der Waals surface area contributed by atoms with Gasteiger partial charge < -0.3 is 19.5 Å². The molecule has 0 radical (unpaired) electrons. The van der Waals surface area contributed by atoms with E-state index in [-0.39, 0.29) is 26.2 Å². The normalized spacial score (nSPS) is 12.0. The molecule has 1 aromatic carbocycles. The van der Waals surface area contributed by atoms with Crippen molar-refractivity contribution in [2.75, 3.05) is 13.2 Å². The molecule has 29 heavy (non-hydrogen) atoms. The Labute approximate surface area is 180 Å². The van der Waals surface area contributed by atoms with E-state index < -0.39 is 29.5 Å². The Hall–Kier alpha value is -2.09. The third kappa shape index (κ3) is 9.78. The van der Waals surface area contributed by atoms with Crippen molar-refractivity contribution in [2.45, 2.75) is 45.4 Å². The Morgan fingerprint density at radius 1 is 1.21 bits per heavy atom. The summed E-state index contributed by atoms with van der Waals surface area (Å²) in [4.78, 5) is 36.4. The third-order valence-electron chi connectivity index (χ3n) is 3.36. The lowest BCUT2D eigenvalue weighted by Gasteiger charge is -2.22. The molecule has 0 saturated carbocycles. The van der Waals surface area contributed by atoms with Crippen molar-refractivity contribution in [3.63, 3.8) is 0 Å². The van der Waals surface area contributed by atoms with Gasteiger partial charge in [-0.25, -0.2) is 4.79 Å². The van der Waals surface area contributed by atoms with E-state index in [0.29, 0.717) is 15.6 Å². The van der Waals surface area contributed by atoms with Crippen LogP contribution in [0, 0.1) is 0 Å². The van der Waals surface area contributed by atoms with E-state index in [2.05, 4.69) is 11.9 Å². The molecule has 9 heteroatoms. The Bertz CT molecular complexity index is 725. The lowest BCUT2D eigenvalue weighted by Crippen LogP contribution is -2.45. The molecule has 0 aliphatic rings. The number of esters is 1. The fourth-order valence-corrected chi connectivity index (χ4v) is 2.64. The zero-order valence-corrected chi connectivity index (χ0v) is 18.1. The van der Waals surface area contributed by atoms with Crippen molar-refractivity contribution >= 4 is 41.0 Å². The van der Waals surface area contributed by atoms with Gasteiger partial charge in [-0.2, -0.15) is 0 Å². The maximum atomic E-state index is 12.5. The van der Waals surface area contributed by atoms with Crippen LogP contribution in [0.25, 0.3) is 0 Å². The molecule has 160 valence electrons. The molecule has 7 nitrogen and oxygen atoms in total. The van der Waals surface area contributed by atoms with Crippen molar-refractivity contribution in [1.82, 2.24) is 5.32 Å². The Morgan fingerprint density at radius 3 is 2.38 bits per heavy atom. The molecule has 1 N–H and O–H groups in total. The van der Waals surface area contributed by atoms with E-state index in [0.717, 1.165) is 0 Å². The summed E-state index contributed by atoms with van der Waals surface area (Å²) in [6.07, 6.45) is 0.150. The standard InChI is InChI=1S/C20H25Cl2NO6/c1-5-9-28-19(26)23-16(10-18(25)29-20(2,3)4)17(24)12-27-11-13-14(21)7-6-8-15(13)22/h5-8,16H,1,9-12H2,2-4H3,(H,23,26). The molecule has 0 heterocycles. The quantitative estimate of drug-likeness (QED) is 0.430. The lowest BCUT2D eigenvalue weighted by molar-refractivity contribution is -0.156. The number of amides is 1. The number of hydrogen-bond acceptors (Lipinski definition) is 6. The molecular formula is C20H25Cl2NO6. The zero-order chi connectivity index (χ0) is 22.0. The van der Waals surface area contributed by atoms with Crippen LogP contribution in [0.1, 0.15) is 32.8 Å². The summed E-state index contributed by atoms with van der Waals surface area (Å²) in [6.45, 7) is 8.10. The van der Waals surface area contributed by atoms with Crippen LogP contribution in [-0.4, -0.2) is 42.7 Å². The van der Waals surface area contributed by atoms with Crippen molar-refractivity contribution in [3.8, 4) is 0 Å². The van der Waals surface area contributed by atoms with E-state index in [1.807, 2.05) is 0 Å². The van der Waals surface area contributed by atoms with Gasteiger partial charge in [-0.3, -0.25) is 9.59 Å². The summed E-state index contributed by atoms with van der Waals surface area (Å²) < 4.78 is 15.4. The maximum absolute atomic E-state index is 12.5. The molecule has 0 aromatic heterocycles. The van der Waals surface area contributed by atoms with Crippen LogP contribution in [0.4, 0.5) is 4.79 Å². The molecule has 1 atom stereocenters. The predicted octanol–water partition coefficient (Wildman–Crippen LogP) is 4.09. The number of halogens is 2. The highest BCUT2D eigenvalue weighted by Crippen LogP contribution is 2.24. The summed E-state index contributed by atoms with van der Waals surface area (Å²) in [5.41, 5.74) is -0.198. The van der Waals surface area contributed by atoms with Crippen LogP contribution < -0.4 is 5.32 Å². The number of nitrogens with one attached hydrogen (secondary N) is 1. The molecule has 0 fully saturated rings. The van der Waals surface area contributed by atoms with Gasteiger partial charge in [0.2, 0.25) is 0 Å². The van der Waals surface area contributed by atoms with Crippen LogP contribution in [0.3, 0.4) is 0 Å². The highest BCUT2D eigenvalue weighted by atomic mass is 35.5. The smallest absolute Gasteiger partial charge is 0.408 e. The van der Waals surface area contributed by atoms with Crippen LogP contribution in [0.5, 0.6) is 0 Å². The van der Waals surface area contributed by atoms with E-state index in [1.165, 1.54) is 6.08 Å². The number of rotatable bonds is 10. The first kappa shape index (κ1) is 24.9. The molecule has 1 aromatic rings. The number of Topliss-reactive ketones (excluding diaryl/α,β-unsaturated/α-hetero) is 1. The fourth-order valence-electron chi connectivity index (χ4n) is 2.14. The van der Waals surface area contributed by atoms with Gasteiger partial charge in [-0.1, -0.05) is 41.9 Å². The first-order valence-corrected chi connectivity index (χ1v) is 9.58. The summed E-state index contributed by atoms with van der Waals surface area (Å²) in [5, 5.41) is 3.16. The summed E-state index contributed by atoms with van der Waals surface area (Å²) >= 11 is 12.1. The molecule has 0 aliphatic heterocycles. The summed E-state index contributed by atoms with van der Waals surface area (Å²) in [5.74, 6) is -1.18. The second kappa shape index (κ2) is 11.8. The highest BCUT2D eigenvalue weighted by molar-refractivity contribution is 6.35. The Kier molecular flexibility index (Phi) is 10.2. The van der Waals surface area contributed by atoms with Gasteiger partial charge in [0, 0.05) is 15.6 Å². The zero-order valence-electron chi connectivity index (χ0n) is 16.6. The van der Waals surface area contributed by atoms with Gasteiger partial charge in [0.1, 0.15) is 24.9 Å². The minimum atomic E-state index is -1.18. The number of ether oxygens (including phenoxy) is 3. The Morgan fingerprint density at radius 2 is 1.83 bits per heavy atom. The van der Waals surface area contributed by atoms with Crippen molar-refractivity contribution in [2.24, 2.45) is 0 Å². The number of alkyl carbamates (subject to hydrolysis) is 1. The van der Waals surface area contributed by atoms with Gasteiger partial charge in [-0.15, -0.1) is 0 Å². The Balaban J connectivity index is 2.73. The topological polar surface area (TPSA) is 90.9 Å². The second-order valence-electron chi connectivity index (χ2n) is 7.03. The summed E-state index contributed by atoms with van der Waals surface area (Å²) in [6, 6.07) is 3.81. The van der Waals surface area contributed by atoms with E-state index >= 15 is 0 Å². The lowest BCUT2D eigenvalue weighted by atomic mass is 10.1. The van der Waals surface area contributed by atoms with Crippen molar-refractivity contribution in [3.05, 3.63) is 46.5 Å². The van der Waals surface area contributed by atoms with Crippen molar-refractivity contribution < 1.29 is 28.6 Å². The first-order chi connectivity index (χ1) is 13.5. The van der Waals surface area contributed by atoms with E-state index in [4.69, 9.17) is 37.4 Å². The third-order valence-corrected chi connectivity index (χ3v) is 4.06. The average Bonchev–Trinajstić information content (AvgIpc) is 2.60. The molecular weight excluding hydrogens is 421 g/mol. The number of carbonyl (C=O) groups is 3. The SMILES string of the molecule is C=CCOC(=O)NC(CC(=O)OC(C)(C)C)C(=O)COCc1c(Cl)cccc1Cl. The minimum absolute atomic E-state index is 0.00961. The number of benzene rings is 1. The van der Waals surface area contributed by atoms with E-state index in [9.17, 15) is 14.4 Å². The van der Waals surface area contributed by atoms with E-state index in [1.54, 1.807) is 39.0 Å². The fraction of sp³-hybridized carbons (Fsp3) is 0.450. The molecule has 1 amide bonds. The second-order valence-corrected chi connectivity index (χ2v) is 7.85.